The van der Waals surface area contributed by atoms with Gasteiger partial charge in [-0.25, -0.2) is 4.98 Å². The topological polar surface area (TPSA) is 51.5 Å². The second kappa shape index (κ2) is 11.7. The number of rotatable bonds is 10. The first kappa shape index (κ1) is 24.6. The Labute approximate surface area is 202 Å². The first-order valence-electron chi connectivity index (χ1n) is 11.2. The minimum atomic E-state index is 0.454. The largest absolute Gasteiger partial charge is 0.497 e. The molecule has 6 nitrogen and oxygen atoms in total. The third kappa shape index (κ3) is 6.48. The van der Waals surface area contributed by atoms with Crippen molar-refractivity contribution in [2.45, 2.75) is 46.2 Å². The zero-order valence-corrected chi connectivity index (χ0v) is 21.0. The van der Waals surface area contributed by atoms with Crippen molar-refractivity contribution in [1.29, 1.82) is 0 Å². The Morgan fingerprint density at radius 3 is 2.67 bits per heavy atom. The van der Waals surface area contributed by atoms with Crippen LogP contribution in [0.4, 0.5) is 5.69 Å². The zero-order valence-electron chi connectivity index (χ0n) is 20.2. The molecule has 0 aliphatic rings. The van der Waals surface area contributed by atoms with Crippen molar-refractivity contribution in [3.8, 4) is 11.5 Å². The Kier molecular flexibility index (Phi) is 8.72. The van der Waals surface area contributed by atoms with E-state index in [1.165, 1.54) is 11.1 Å². The van der Waals surface area contributed by atoms with E-state index in [1.54, 1.807) is 20.4 Å². The van der Waals surface area contributed by atoms with Gasteiger partial charge in [-0.2, -0.15) is 0 Å². The van der Waals surface area contributed by atoms with Crippen LogP contribution in [0.3, 0.4) is 0 Å². The first-order valence-corrected chi connectivity index (χ1v) is 11.7. The maximum Gasteiger partial charge on any atom is 0.173 e. The minimum Gasteiger partial charge on any atom is -0.497 e. The molecular formula is C26H34N4O2S. The lowest BCUT2D eigenvalue weighted by Gasteiger charge is -2.28. The maximum absolute atomic E-state index is 5.90. The minimum absolute atomic E-state index is 0.454. The molecule has 7 heteroatoms. The number of thiocarbonyl (C=S) groups is 1. The molecule has 0 unspecified atom stereocenters. The van der Waals surface area contributed by atoms with Gasteiger partial charge in [0.1, 0.15) is 11.5 Å². The van der Waals surface area contributed by atoms with Crippen LogP contribution in [0, 0.1) is 6.92 Å². The average molecular weight is 467 g/mol. The Balaban J connectivity index is 1.80. The molecule has 0 saturated heterocycles. The molecule has 0 aliphatic carbocycles. The van der Waals surface area contributed by atoms with Crippen LogP contribution in [0.25, 0.3) is 0 Å². The van der Waals surface area contributed by atoms with Gasteiger partial charge in [-0.15, -0.1) is 0 Å². The summed E-state index contributed by atoms with van der Waals surface area (Å²) >= 11 is 5.90. The molecule has 0 saturated carbocycles. The molecule has 1 aromatic heterocycles. The van der Waals surface area contributed by atoms with Crippen LogP contribution in [0.2, 0.25) is 0 Å². The highest BCUT2D eigenvalue weighted by Gasteiger charge is 2.16. The van der Waals surface area contributed by atoms with Crippen molar-refractivity contribution in [3.05, 3.63) is 71.8 Å². The molecule has 0 aliphatic heterocycles. The molecule has 0 atom stereocenters. The fraction of sp³-hybridized carbons (Fsp3) is 0.385. The molecule has 0 spiro atoms. The van der Waals surface area contributed by atoms with E-state index >= 15 is 0 Å². The molecule has 0 amide bonds. The zero-order chi connectivity index (χ0) is 23.8. The molecule has 1 heterocycles. The quantitative estimate of drug-likeness (QED) is 0.391. The molecule has 33 heavy (non-hydrogen) atoms. The summed E-state index contributed by atoms with van der Waals surface area (Å²) in [5.74, 6) is 2.01. The first-order chi connectivity index (χ1) is 15.9. The van der Waals surface area contributed by atoms with Gasteiger partial charge >= 0.3 is 0 Å². The van der Waals surface area contributed by atoms with E-state index in [1.807, 2.05) is 30.7 Å². The summed E-state index contributed by atoms with van der Waals surface area (Å²) in [5.41, 5.74) is 4.66. The number of nitrogens with zero attached hydrogens (tertiary/aromatic N) is 3. The summed E-state index contributed by atoms with van der Waals surface area (Å²) in [6, 6.07) is 12.3. The number of benzene rings is 2. The summed E-state index contributed by atoms with van der Waals surface area (Å²) in [5, 5.41) is 4.20. The summed E-state index contributed by atoms with van der Waals surface area (Å²) < 4.78 is 13.1. The second-order valence-corrected chi connectivity index (χ2v) is 8.74. The van der Waals surface area contributed by atoms with Crippen LogP contribution in [0.15, 0.2) is 55.1 Å². The molecule has 0 fully saturated rings. The van der Waals surface area contributed by atoms with Crippen LogP contribution in [0.5, 0.6) is 11.5 Å². The van der Waals surface area contributed by atoms with Crippen molar-refractivity contribution in [3.63, 3.8) is 0 Å². The predicted octanol–water partition coefficient (Wildman–Crippen LogP) is 5.62. The van der Waals surface area contributed by atoms with Gasteiger partial charge < -0.3 is 24.3 Å². The lowest BCUT2D eigenvalue weighted by Crippen LogP contribution is -2.35. The van der Waals surface area contributed by atoms with E-state index in [2.05, 4.69) is 58.7 Å². The third-order valence-electron chi connectivity index (χ3n) is 5.79. The smallest absolute Gasteiger partial charge is 0.173 e. The number of hydrogen-bond acceptors (Lipinski definition) is 4. The maximum atomic E-state index is 5.90. The van der Waals surface area contributed by atoms with Crippen molar-refractivity contribution < 1.29 is 9.47 Å². The van der Waals surface area contributed by atoms with Gasteiger partial charge in [0, 0.05) is 49.3 Å². The highest BCUT2D eigenvalue weighted by atomic mass is 32.1. The van der Waals surface area contributed by atoms with Gasteiger partial charge in [0.05, 0.1) is 20.5 Å². The van der Waals surface area contributed by atoms with Gasteiger partial charge in [0.25, 0.3) is 0 Å². The number of methoxy groups -OCH3 is 2. The fourth-order valence-electron chi connectivity index (χ4n) is 3.91. The summed E-state index contributed by atoms with van der Waals surface area (Å²) in [7, 11) is 3.34. The van der Waals surface area contributed by atoms with E-state index in [0.29, 0.717) is 17.6 Å². The van der Waals surface area contributed by atoms with Crippen LogP contribution in [-0.2, 0) is 13.1 Å². The van der Waals surface area contributed by atoms with Gasteiger partial charge in [0.2, 0.25) is 0 Å². The number of ether oxygens (including phenoxy) is 2. The van der Waals surface area contributed by atoms with E-state index in [0.717, 1.165) is 42.3 Å². The standard InChI is InChI=1S/C26H34N4O2S/c1-19(2)23-8-6-9-24(20(23)3)28-26(33)30(14-7-13-29-15-12-27-18-29)17-21-10-11-22(31-4)16-25(21)32-5/h6,8-12,15-16,18-19H,7,13-14,17H2,1-5H3,(H,28,33). The lowest BCUT2D eigenvalue weighted by atomic mass is 9.97. The lowest BCUT2D eigenvalue weighted by molar-refractivity contribution is 0.366. The summed E-state index contributed by atoms with van der Waals surface area (Å²) in [6.45, 7) is 8.87. The molecule has 0 radical (unpaired) electrons. The molecule has 1 N–H and O–H groups in total. The van der Waals surface area contributed by atoms with Crippen LogP contribution in [0.1, 0.15) is 42.9 Å². The Morgan fingerprint density at radius 1 is 1.18 bits per heavy atom. The predicted molar refractivity (Wildman–Crippen MR) is 138 cm³/mol. The van der Waals surface area contributed by atoms with Crippen LogP contribution < -0.4 is 14.8 Å². The highest BCUT2D eigenvalue weighted by Crippen LogP contribution is 2.28. The highest BCUT2D eigenvalue weighted by molar-refractivity contribution is 7.80. The second-order valence-electron chi connectivity index (χ2n) is 8.36. The van der Waals surface area contributed by atoms with Crippen molar-refractivity contribution in [1.82, 2.24) is 14.5 Å². The van der Waals surface area contributed by atoms with E-state index in [-0.39, 0.29) is 0 Å². The SMILES string of the molecule is COc1ccc(CN(CCCn2ccnc2)C(=S)Nc2cccc(C(C)C)c2C)c(OC)c1. The van der Waals surface area contributed by atoms with Crippen molar-refractivity contribution in [2.75, 3.05) is 26.1 Å². The molecule has 2 aromatic carbocycles. The molecule has 3 aromatic rings. The van der Waals surface area contributed by atoms with Crippen LogP contribution in [-0.4, -0.2) is 40.3 Å². The number of imidazole rings is 1. The molecular weight excluding hydrogens is 432 g/mol. The average Bonchev–Trinajstić information content (AvgIpc) is 3.33. The van der Waals surface area contributed by atoms with Crippen molar-refractivity contribution in [2.24, 2.45) is 0 Å². The number of hydrogen-bond donors (Lipinski definition) is 1. The number of anilines is 1. The Morgan fingerprint density at radius 2 is 2.00 bits per heavy atom. The van der Waals surface area contributed by atoms with Gasteiger partial charge in [0.15, 0.2) is 5.11 Å². The normalized spacial score (nSPS) is 10.8. The van der Waals surface area contributed by atoms with E-state index < -0.39 is 0 Å². The molecule has 176 valence electrons. The number of aromatic nitrogens is 2. The number of aryl methyl sites for hydroxylation is 1. The molecule has 0 bridgehead atoms. The van der Waals surface area contributed by atoms with Gasteiger partial charge in [-0.3, -0.25) is 0 Å². The van der Waals surface area contributed by atoms with Crippen LogP contribution >= 0.6 is 12.2 Å². The Bertz CT molecular complexity index is 1050. The van der Waals surface area contributed by atoms with Crippen molar-refractivity contribution >= 4 is 23.0 Å². The summed E-state index contributed by atoms with van der Waals surface area (Å²) in [4.78, 5) is 6.33. The fourth-order valence-corrected chi connectivity index (χ4v) is 4.18. The monoisotopic (exact) mass is 466 g/mol. The summed E-state index contributed by atoms with van der Waals surface area (Å²) in [6.07, 6.45) is 6.56. The van der Waals surface area contributed by atoms with E-state index in [9.17, 15) is 0 Å². The van der Waals surface area contributed by atoms with E-state index in [4.69, 9.17) is 21.7 Å². The third-order valence-corrected chi connectivity index (χ3v) is 6.15. The number of nitrogens with one attached hydrogen (secondary N) is 1. The molecule has 3 rings (SSSR count). The van der Waals surface area contributed by atoms with Gasteiger partial charge in [-0.05, 0) is 60.8 Å². The van der Waals surface area contributed by atoms with Gasteiger partial charge in [-0.1, -0.05) is 26.0 Å². The Hall–Kier alpha value is -3.06.